The van der Waals surface area contributed by atoms with Crippen LogP contribution in [0.15, 0.2) is 41.9 Å². The van der Waals surface area contributed by atoms with E-state index in [-0.39, 0.29) is 0 Å². The molecule has 1 heterocycles. The summed E-state index contributed by atoms with van der Waals surface area (Å²) in [6.07, 6.45) is -0.569. The molecule has 1 aromatic carbocycles. The van der Waals surface area contributed by atoms with E-state index in [2.05, 4.69) is 4.74 Å². The number of carbonyl (C=O) groups excluding carboxylic acids is 1. The number of esters is 1. The van der Waals surface area contributed by atoms with Crippen LogP contribution in [0.4, 0.5) is 13.2 Å². The lowest BCUT2D eigenvalue weighted by atomic mass is 10.1. The molecule has 1 saturated heterocycles. The Bertz CT molecular complexity index is 600. The van der Waals surface area contributed by atoms with Crippen LogP contribution in [0.5, 0.6) is 0 Å². The van der Waals surface area contributed by atoms with Gasteiger partial charge in [-0.15, -0.1) is 0 Å². The van der Waals surface area contributed by atoms with Crippen LogP contribution in [-0.2, 0) is 20.4 Å². The largest absolute Gasteiger partial charge is 0.466 e. The van der Waals surface area contributed by atoms with Gasteiger partial charge in [-0.1, -0.05) is 12.1 Å². The van der Waals surface area contributed by atoms with Crippen LogP contribution in [0.25, 0.3) is 6.08 Å². The lowest BCUT2D eigenvalue weighted by Crippen LogP contribution is -2.04. The van der Waals surface area contributed by atoms with Crippen molar-refractivity contribution in [1.29, 1.82) is 0 Å². The maximum Gasteiger partial charge on any atom is 0.416 e. The summed E-state index contributed by atoms with van der Waals surface area (Å²) in [5.74, 6) is 0.440. The zero-order valence-corrected chi connectivity index (χ0v) is 11.2. The maximum atomic E-state index is 12.6. The summed E-state index contributed by atoms with van der Waals surface area (Å²) in [6, 6.07) is 4.97. The van der Waals surface area contributed by atoms with Crippen molar-refractivity contribution in [3.8, 4) is 0 Å². The fraction of sp³-hybridized carbons (Fsp3) is 0.267. The number of allylic oxidation sites excluding steroid dienone is 2. The molecule has 0 saturated carbocycles. The average Bonchev–Trinajstić information content (AvgIpc) is 2.85. The number of hydrogen-bond donors (Lipinski definition) is 0. The zero-order chi connectivity index (χ0) is 15.5. The van der Waals surface area contributed by atoms with E-state index in [1.807, 2.05) is 0 Å². The second-order valence-electron chi connectivity index (χ2n) is 4.47. The van der Waals surface area contributed by atoms with E-state index < -0.39 is 17.7 Å². The van der Waals surface area contributed by atoms with Gasteiger partial charge in [0.15, 0.2) is 0 Å². The predicted octanol–water partition coefficient (Wildman–Crippen LogP) is 3.91. The molecular weight excluding hydrogens is 285 g/mol. The summed E-state index contributed by atoms with van der Waals surface area (Å²) in [4.78, 5) is 11.1. The topological polar surface area (TPSA) is 35.5 Å². The minimum Gasteiger partial charge on any atom is -0.466 e. The molecule has 1 aliphatic rings. The Balaban J connectivity index is 2.15. The monoisotopic (exact) mass is 298 g/mol. The van der Waals surface area contributed by atoms with Crippen LogP contribution in [0.3, 0.4) is 0 Å². The van der Waals surface area contributed by atoms with Crippen molar-refractivity contribution >= 4 is 12.0 Å². The first kappa shape index (κ1) is 15.2. The molecule has 0 spiro atoms. The molecular formula is C15H13F3O3. The van der Waals surface area contributed by atoms with Gasteiger partial charge in [0.1, 0.15) is 11.5 Å². The Kier molecular flexibility index (Phi) is 4.35. The third-order valence-electron chi connectivity index (χ3n) is 2.90. The van der Waals surface area contributed by atoms with Gasteiger partial charge in [0.2, 0.25) is 0 Å². The SMILES string of the molecule is COC(=O)/C=C1/CC/C(=C\c2cccc(C(F)(F)F)c2)O1. The molecule has 0 radical (unpaired) electrons. The van der Waals surface area contributed by atoms with Crippen LogP contribution in [0.2, 0.25) is 0 Å². The molecule has 1 aliphatic heterocycles. The van der Waals surface area contributed by atoms with Crippen LogP contribution in [0.1, 0.15) is 24.0 Å². The fourth-order valence-electron chi connectivity index (χ4n) is 1.90. The highest BCUT2D eigenvalue weighted by atomic mass is 19.4. The summed E-state index contributed by atoms with van der Waals surface area (Å²) < 4.78 is 47.7. The first-order valence-electron chi connectivity index (χ1n) is 6.22. The van der Waals surface area contributed by atoms with E-state index >= 15 is 0 Å². The molecule has 1 fully saturated rings. The summed E-state index contributed by atoms with van der Waals surface area (Å²) in [5.41, 5.74) is -0.306. The van der Waals surface area contributed by atoms with Gasteiger partial charge >= 0.3 is 12.1 Å². The van der Waals surface area contributed by atoms with E-state index in [4.69, 9.17) is 4.74 Å². The van der Waals surface area contributed by atoms with Crippen molar-refractivity contribution in [2.75, 3.05) is 7.11 Å². The Morgan fingerprint density at radius 1 is 1.29 bits per heavy atom. The third kappa shape index (κ3) is 4.11. The van der Waals surface area contributed by atoms with E-state index in [9.17, 15) is 18.0 Å². The van der Waals surface area contributed by atoms with Gasteiger partial charge in [-0.2, -0.15) is 13.2 Å². The molecule has 0 aliphatic carbocycles. The van der Waals surface area contributed by atoms with Crippen molar-refractivity contribution in [2.45, 2.75) is 19.0 Å². The Morgan fingerprint density at radius 3 is 2.67 bits per heavy atom. The Hall–Kier alpha value is -2.24. The molecule has 0 bridgehead atoms. The fourth-order valence-corrected chi connectivity index (χ4v) is 1.90. The van der Waals surface area contributed by atoms with Crippen LogP contribution in [0, 0.1) is 0 Å². The molecule has 112 valence electrons. The highest BCUT2D eigenvalue weighted by molar-refractivity contribution is 5.82. The molecule has 3 nitrogen and oxygen atoms in total. The Morgan fingerprint density at radius 2 is 2.00 bits per heavy atom. The number of benzene rings is 1. The normalized spacial score (nSPS) is 18.9. The van der Waals surface area contributed by atoms with Crippen molar-refractivity contribution in [3.05, 3.63) is 53.0 Å². The van der Waals surface area contributed by atoms with Crippen LogP contribution >= 0.6 is 0 Å². The van der Waals surface area contributed by atoms with Crippen molar-refractivity contribution in [2.24, 2.45) is 0 Å². The molecule has 6 heteroatoms. The number of alkyl halides is 3. The first-order chi connectivity index (χ1) is 9.88. The van der Waals surface area contributed by atoms with E-state index in [1.54, 1.807) is 6.07 Å². The number of rotatable bonds is 2. The maximum absolute atomic E-state index is 12.6. The quantitative estimate of drug-likeness (QED) is 0.613. The van der Waals surface area contributed by atoms with Crippen LogP contribution < -0.4 is 0 Å². The number of hydrogen-bond acceptors (Lipinski definition) is 3. The zero-order valence-electron chi connectivity index (χ0n) is 11.2. The van der Waals surface area contributed by atoms with Gasteiger partial charge in [-0.3, -0.25) is 0 Å². The van der Waals surface area contributed by atoms with E-state index in [1.165, 1.54) is 25.3 Å². The van der Waals surface area contributed by atoms with Gasteiger partial charge in [-0.05, 0) is 23.8 Å². The summed E-state index contributed by atoms with van der Waals surface area (Å²) >= 11 is 0. The molecule has 0 atom stereocenters. The minimum absolute atomic E-state index is 0.402. The number of methoxy groups -OCH3 is 1. The predicted molar refractivity (Wildman–Crippen MR) is 69.8 cm³/mol. The van der Waals surface area contributed by atoms with Gasteiger partial charge < -0.3 is 9.47 Å². The average molecular weight is 298 g/mol. The van der Waals surface area contributed by atoms with Gasteiger partial charge in [0, 0.05) is 12.8 Å². The van der Waals surface area contributed by atoms with E-state index in [0.29, 0.717) is 29.9 Å². The smallest absolute Gasteiger partial charge is 0.416 e. The lowest BCUT2D eigenvalue weighted by molar-refractivity contribution is -0.137. The second kappa shape index (κ2) is 6.03. The van der Waals surface area contributed by atoms with Crippen molar-refractivity contribution in [1.82, 2.24) is 0 Å². The molecule has 21 heavy (non-hydrogen) atoms. The molecule has 1 aromatic rings. The van der Waals surface area contributed by atoms with Gasteiger partial charge in [-0.25, -0.2) is 4.79 Å². The van der Waals surface area contributed by atoms with Crippen LogP contribution in [-0.4, -0.2) is 13.1 Å². The number of ether oxygens (including phenoxy) is 2. The summed E-state index contributed by atoms with van der Waals surface area (Å²) in [6.45, 7) is 0. The first-order valence-corrected chi connectivity index (χ1v) is 6.22. The summed E-state index contributed by atoms with van der Waals surface area (Å²) in [7, 11) is 1.26. The van der Waals surface area contributed by atoms with Crippen molar-refractivity contribution in [3.63, 3.8) is 0 Å². The highest BCUT2D eigenvalue weighted by Gasteiger charge is 2.30. The second-order valence-corrected chi connectivity index (χ2v) is 4.47. The van der Waals surface area contributed by atoms with Gasteiger partial charge in [0.25, 0.3) is 0 Å². The number of carbonyl (C=O) groups is 1. The third-order valence-corrected chi connectivity index (χ3v) is 2.90. The molecule has 0 amide bonds. The molecule has 0 aromatic heterocycles. The lowest BCUT2D eigenvalue weighted by Gasteiger charge is -2.07. The number of halogens is 3. The molecule has 0 unspecified atom stereocenters. The minimum atomic E-state index is -4.37. The summed E-state index contributed by atoms with van der Waals surface area (Å²) in [5, 5.41) is 0. The van der Waals surface area contributed by atoms with E-state index in [0.717, 1.165) is 12.1 Å². The standard InChI is InChI=1S/C15H13F3O3/c1-20-14(19)9-13-6-5-12(21-13)8-10-3-2-4-11(7-10)15(16,17)18/h2-4,7-9H,5-6H2,1H3/b12-8+,13-9-. The Labute approximate surface area is 119 Å². The molecule has 0 N–H and O–H groups in total. The van der Waals surface area contributed by atoms with Gasteiger partial charge in [0.05, 0.1) is 18.7 Å². The molecule has 2 rings (SSSR count). The van der Waals surface area contributed by atoms with Crippen molar-refractivity contribution < 1.29 is 27.4 Å². The highest BCUT2D eigenvalue weighted by Crippen LogP contribution is 2.31.